The summed E-state index contributed by atoms with van der Waals surface area (Å²) in [5.41, 5.74) is 1.62. The van der Waals surface area contributed by atoms with Crippen molar-refractivity contribution in [3.05, 3.63) is 94.9 Å². The van der Waals surface area contributed by atoms with Crippen LogP contribution in [-0.4, -0.2) is 31.1 Å². The van der Waals surface area contributed by atoms with Gasteiger partial charge in [0.1, 0.15) is 6.10 Å². The highest BCUT2D eigenvalue weighted by Crippen LogP contribution is 2.40. The van der Waals surface area contributed by atoms with Gasteiger partial charge < -0.3 is 9.52 Å². The minimum Gasteiger partial charge on any atom is -0.415 e. The number of carbonyl (C=O) groups is 1. The molecule has 0 spiro atoms. The third-order valence-electron chi connectivity index (χ3n) is 6.16. The number of nitrogens with zero attached hydrogens (tertiary/aromatic N) is 4. The first-order valence-corrected chi connectivity index (χ1v) is 11.0. The summed E-state index contributed by atoms with van der Waals surface area (Å²) in [5, 5.41) is 18.0. The lowest BCUT2D eigenvalue weighted by Crippen LogP contribution is -2.21. The Labute approximate surface area is 201 Å². The van der Waals surface area contributed by atoms with Crippen LogP contribution in [0.4, 0.5) is 17.6 Å². The molecule has 3 heterocycles. The average Bonchev–Trinajstić information content (AvgIpc) is 3.47. The molecule has 0 amide bonds. The number of aliphatic hydroxyl groups excluding tert-OH is 1. The van der Waals surface area contributed by atoms with Gasteiger partial charge in [-0.25, -0.2) is 9.97 Å². The Bertz CT molecular complexity index is 1430. The van der Waals surface area contributed by atoms with Crippen molar-refractivity contribution in [2.75, 3.05) is 0 Å². The number of hydrogen-bond donors (Lipinski definition) is 1. The fourth-order valence-electron chi connectivity index (χ4n) is 4.47. The third kappa shape index (κ3) is 4.61. The number of alkyl halides is 2. The molecule has 3 atom stereocenters. The van der Waals surface area contributed by atoms with Gasteiger partial charge in [-0.1, -0.05) is 18.2 Å². The van der Waals surface area contributed by atoms with Crippen molar-refractivity contribution < 1.29 is 31.9 Å². The molecule has 1 N–H and O–H groups in total. The molecule has 0 bridgehead atoms. The standard InChI is InChI=1S/C25H18F4N4O3/c26-19-5-1-3-17(30-19)16(22(35)18-4-2-6-20(27)31-18)11-14-9-12-7-8-13(10-15(12)21(14)34)24-32-33-25(36-24)23(28)29/h1-8,10,14,16,22-23,35H,9,11H2/t14?,16-,22?/m1/s1. The zero-order chi connectivity index (χ0) is 25.4. The number of pyridine rings is 2. The van der Waals surface area contributed by atoms with E-state index in [1.165, 1.54) is 30.3 Å². The van der Waals surface area contributed by atoms with Gasteiger partial charge in [-0.05, 0) is 54.8 Å². The monoisotopic (exact) mass is 498 g/mol. The topological polar surface area (TPSA) is 102 Å². The highest BCUT2D eigenvalue weighted by molar-refractivity contribution is 6.03. The van der Waals surface area contributed by atoms with Gasteiger partial charge >= 0.3 is 6.43 Å². The molecule has 7 nitrogen and oxygen atoms in total. The van der Waals surface area contributed by atoms with Gasteiger partial charge in [-0.2, -0.15) is 17.6 Å². The summed E-state index contributed by atoms with van der Waals surface area (Å²) >= 11 is 0. The van der Waals surface area contributed by atoms with Crippen LogP contribution < -0.4 is 0 Å². The highest BCUT2D eigenvalue weighted by Gasteiger charge is 2.36. The van der Waals surface area contributed by atoms with Gasteiger partial charge in [-0.3, -0.25) is 4.79 Å². The van der Waals surface area contributed by atoms with Crippen molar-refractivity contribution in [2.45, 2.75) is 31.3 Å². The van der Waals surface area contributed by atoms with Gasteiger partial charge in [-0.15, -0.1) is 10.2 Å². The van der Waals surface area contributed by atoms with Crippen LogP contribution in [0.15, 0.2) is 59.0 Å². The Morgan fingerprint density at radius 2 is 1.67 bits per heavy atom. The van der Waals surface area contributed by atoms with Crippen molar-refractivity contribution in [3.8, 4) is 11.5 Å². The molecular weight excluding hydrogens is 480 g/mol. The predicted octanol–water partition coefficient (Wildman–Crippen LogP) is 5.00. The SMILES string of the molecule is O=C1c2cc(-c3nnc(C(F)F)o3)ccc2CC1C[C@H](c1cccc(F)n1)C(O)c1cccc(F)n1. The molecule has 1 aliphatic rings. The lowest BCUT2D eigenvalue weighted by Gasteiger charge is -2.24. The predicted molar refractivity (Wildman–Crippen MR) is 117 cm³/mol. The van der Waals surface area contributed by atoms with Gasteiger partial charge in [0, 0.05) is 28.7 Å². The van der Waals surface area contributed by atoms with Gasteiger partial charge in [0.25, 0.3) is 5.89 Å². The van der Waals surface area contributed by atoms with Crippen molar-refractivity contribution >= 4 is 5.78 Å². The molecule has 0 saturated carbocycles. The number of ketones is 1. The van der Waals surface area contributed by atoms with Crippen LogP contribution >= 0.6 is 0 Å². The summed E-state index contributed by atoms with van der Waals surface area (Å²) in [7, 11) is 0. The first kappa shape index (κ1) is 23.7. The molecule has 5 rings (SSSR count). The van der Waals surface area contributed by atoms with E-state index in [9.17, 15) is 27.5 Å². The quantitative estimate of drug-likeness (QED) is 0.282. The number of aromatic nitrogens is 4. The van der Waals surface area contributed by atoms with Crippen LogP contribution in [0, 0.1) is 17.8 Å². The first-order valence-electron chi connectivity index (χ1n) is 11.0. The zero-order valence-electron chi connectivity index (χ0n) is 18.5. The molecule has 1 aliphatic carbocycles. The van der Waals surface area contributed by atoms with Crippen molar-refractivity contribution in [1.29, 1.82) is 0 Å². The summed E-state index contributed by atoms with van der Waals surface area (Å²) in [4.78, 5) is 20.9. The molecule has 4 aromatic rings. The molecule has 36 heavy (non-hydrogen) atoms. The molecular formula is C25H18F4N4O3. The highest BCUT2D eigenvalue weighted by atomic mass is 19.3. The third-order valence-corrected chi connectivity index (χ3v) is 6.16. The molecule has 184 valence electrons. The van der Waals surface area contributed by atoms with E-state index in [1.807, 2.05) is 0 Å². The zero-order valence-corrected chi connectivity index (χ0v) is 18.5. The maximum atomic E-state index is 13.9. The number of halogens is 4. The van der Waals surface area contributed by atoms with Crippen molar-refractivity contribution in [1.82, 2.24) is 20.2 Å². The number of carbonyl (C=O) groups excluding carboxylic acids is 1. The summed E-state index contributed by atoms with van der Waals surface area (Å²) in [6, 6.07) is 12.9. The molecule has 0 aliphatic heterocycles. The maximum absolute atomic E-state index is 13.9. The molecule has 0 saturated heterocycles. The van der Waals surface area contributed by atoms with Gasteiger partial charge in [0.2, 0.25) is 17.8 Å². The summed E-state index contributed by atoms with van der Waals surface area (Å²) in [6.45, 7) is 0. The van der Waals surface area contributed by atoms with E-state index >= 15 is 0 Å². The average molecular weight is 498 g/mol. The van der Waals surface area contributed by atoms with Crippen LogP contribution in [0.3, 0.4) is 0 Å². The van der Waals surface area contributed by atoms with E-state index in [2.05, 4.69) is 20.2 Å². The fourth-order valence-corrected chi connectivity index (χ4v) is 4.47. The van der Waals surface area contributed by atoms with E-state index in [1.54, 1.807) is 12.1 Å². The van der Waals surface area contributed by atoms with Crippen LogP contribution in [0.5, 0.6) is 0 Å². The van der Waals surface area contributed by atoms with Gasteiger partial charge in [0.05, 0.1) is 5.69 Å². The van der Waals surface area contributed by atoms with Crippen LogP contribution in [0.25, 0.3) is 11.5 Å². The lowest BCUT2D eigenvalue weighted by atomic mass is 9.84. The van der Waals surface area contributed by atoms with E-state index in [0.29, 0.717) is 23.1 Å². The van der Waals surface area contributed by atoms with Gasteiger partial charge in [0.15, 0.2) is 5.78 Å². The van der Waals surface area contributed by atoms with Crippen molar-refractivity contribution in [2.24, 2.45) is 5.92 Å². The van der Waals surface area contributed by atoms with E-state index < -0.39 is 42.2 Å². The van der Waals surface area contributed by atoms with Crippen LogP contribution in [0.2, 0.25) is 0 Å². The normalized spacial score (nSPS) is 16.8. The molecule has 0 fully saturated rings. The molecule has 2 unspecified atom stereocenters. The Morgan fingerprint density at radius 3 is 2.33 bits per heavy atom. The number of hydrogen-bond acceptors (Lipinski definition) is 7. The Hall–Kier alpha value is -3.99. The summed E-state index contributed by atoms with van der Waals surface area (Å²) < 4.78 is 58.2. The molecule has 11 heteroatoms. The van der Waals surface area contributed by atoms with Crippen molar-refractivity contribution in [3.63, 3.8) is 0 Å². The minimum absolute atomic E-state index is 0.0301. The number of benzene rings is 1. The van der Waals surface area contributed by atoms with E-state index in [0.717, 1.165) is 12.1 Å². The Morgan fingerprint density at radius 1 is 0.972 bits per heavy atom. The smallest absolute Gasteiger partial charge is 0.314 e. The number of Topliss-reactive ketones (excluding diaryl/α,β-unsaturated/α-hetero) is 1. The fraction of sp³-hybridized carbons (Fsp3) is 0.240. The number of fused-ring (bicyclic) bond motifs is 1. The van der Waals surface area contributed by atoms with E-state index in [4.69, 9.17) is 4.42 Å². The molecule has 0 radical (unpaired) electrons. The summed E-state index contributed by atoms with van der Waals surface area (Å²) in [6.07, 6.45) is -3.86. The second-order valence-corrected chi connectivity index (χ2v) is 8.44. The van der Waals surface area contributed by atoms with E-state index in [-0.39, 0.29) is 29.5 Å². The number of rotatable bonds is 7. The summed E-state index contributed by atoms with van der Waals surface area (Å²) in [5.74, 6) is -4.22. The largest absolute Gasteiger partial charge is 0.415 e. The second-order valence-electron chi connectivity index (χ2n) is 8.44. The molecule has 1 aromatic carbocycles. The maximum Gasteiger partial charge on any atom is 0.314 e. The minimum atomic E-state index is -2.92. The van der Waals surface area contributed by atoms with Crippen LogP contribution in [-0.2, 0) is 6.42 Å². The second kappa shape index (κ2) is 9.57. The number of aliphatic hydroxyl groups is 1. The first-order chi connectivity index (χ1) is 17.3. The Kier molecular flexibility index (Phi) is 6.31. The Balaban J connectivity index is 1.43. The molecule has 3 aromatic heterocycles. The van der Waals surface area contributed by atoms with Crippen LogP contribution in [0.1, 0.15) is 58.1 Å². The lowest BCUT2D eigenvalue weighted by molar-refractivity contribution is 0.0877.